The first-order valence-electron chi connectivity index (χ1n) is 2.80. The molecule has 0 heterocycles. The zero-order chi connectivity index (χ0) is 8.15. The summed E-state index contributed by atoms with van der Waals surface area (Å²) in [6.45, 7) is 0. The molecule has 0 aliphatic heterocycles. The summed E-state index contributed by atoms with van der Waals surface area (Å²) in [4.78, 5) is 10.1. The Morgan fingerprint density at radius 2 is 2.20 bits per heavy atom. The number of rotatable bonds is 4. The third-order valence-electron chi connectivity index (χ3n) is 1.02. The van der Waals surface area contributed by atoms with E-state index in [2.05, 4.69) is 0 Å². The van der Waals surface area contributed by atoms with Crippen LogP contribution < -0.4 is 5.73 Å². The monoisotopic (exact) mass is 167 g/mol. The first-order valence-corrected chi connectivity index (χ1v) is 3.33. The van der Waals surface area contributed by atoms with E-state index < -0.39 is 18.1 Å². The van der Waals surface area contributed by atoms with E-state index in [1.165, 1.54) is 0 Å². The molecule has 10 heavy (non-hydrogen) atoms. The maximum Gasteiger partial charge on any atom is 0.320 e. The summed E-state index contributed by atoms with van der Waals surface area (Å²) in [6.07, 6.45) is -0.827. The molecule has 0 radical (unpaired) electrons. The van der Waals surface area contributed by atoms with Crippen LogP contribution >= 0.6 is 11.6 Å². The normalized spacial score (nSPS) is 16.3. The summed E-state index contributed by atoms with van der Waals surface area (Å²) in [7, 11) is 0. The van der Waals surface area contributed by atoms with Crippen LogP contribution in [0.1, 0.15) is 6.42 Å². The standard InChI is InChI=1S/C5H10ClNO3/c6-2-3(8)1-4(7)5(9)10/h3-4,8H,1-2,7H2,(H,9,10)/t3-,4+/m1/s1. The number of hydrogen-bond donors (Lipinski definition) is 3. The molecule has 2 atom stereocenters. The Bertz CT molecular complexity index is 119. The van der Waals surface area contributed by atoms with Gasteiger partial charge in [-0.05, 0) is 0 Å². The fourth-order valence-corrected chi connectivity index (χ4v) is 0.583. The van der Waals surface area contributed by atoms with E-state index in [1.54, 1.807) is 0 Å². The van der Waals surface area contributed by atoms with Gasteiger partial charge >= 0.3 is 5.97 Å². The number of halogens is 1. The van der Waals surface area contributed by atoms with Crippen LogP contribution in [0.4, 0.5) is 0 Å². The number of carboxylic acid groups (broad SMARTS) is 1. The van der Waals surface area contributed by atoms with E-state index in [-0.39, 0.29) is 12.3 Å². The van der Waals surface area contributed by atoms with E-state index in [4.69, 9.17) is 27.5 Å². The molecule has 0 saturated carbocycles. The first kappa shape index (κ1) is 9.68. The number of carbonyl (C=O) groups is 1. The van der Waals surface area contributed by atoms with Crippen LogP contribution in [0.2, 0.25) is 0 Å². The lowest BCUT2D eigenvalue weighted by atomic mass is 10.1. The largest absolute Gasteiger partial charge is 0.480 e. The van der Waals surface area contributed by atoms with Crippen LogP contribution in [0.15, 0.2) is 0 Å². The second kappa shape index (κ2) is 4.49. The second-order valence-electron chi connectivity index (χ2n) is 1.99. The number of aliphatic carboxylic acids is 1. The molecule has 0 unspecified atom stereocenters. The summed E-state index contributed by atoms with van der Waals surface area (Å²) in [5.74, 6) is -1.11. The summed E-state index contributed by atoms with van der Waals surface area (Å²) in [5, 5.41) is 17.0. The summed E-state index contributed by atoms with van der Waals surface area (Å²) in [5.41, 5.74) is 5.07. The summed E-state index contributed by atoms with van der Waals surface area (Å²) in [6, 6.07) is -1.02. The molecule has 0 aromatic heterocycles. The number of alkyl halides is 1. The van der Waals surface area contributed by atoms with Gasteiger partial charge in [-0.1, -0.05) is 0 Å². The van der Waals surface area contributed by atoms with Gasteiger partial charge in [0.1, 0.15) is 6.04 Å². The van der Waals surface area contributed by atoms with Crippen molar-refractivity contribution >= 4 is 17.6 Å². The van der Waals surface area contributed by atoms with Crippen molar-refractivity contribution in [1.29, 1.82) is 0 Å². The van der Waals surface area contributed by atoms with Gasteiger partial charge in [0.05, 0.1) is 6.10 Å². The SMILES string of the molecule is N[C@@H](C[C@@H](O)CCl)C(=O)O. The highest BCUT2D eigenvalue weighted by molar-refractivity contribution is 6.18. The molecule has 0 spiro atoms. The highest BCUT2D eigenvalue weighted by Gasteiger charge is 2.15. The van der Waals surface area contributed by atoms with E-state index in [0.717, 1.165) is 0 Å². The fraction of sp³-hybridized carbons (Fsp3) is 0.800. The lowest BCUT2D eigenvalue weighted by Gasteiger charge is -2.09. The molecule has 0 fully saturated rings. The van der Waals surface area contributed by atoms with E-state index in [1.807, 2.05) is 0 Å². The van der Waals surface area contributed by atoms with Gasteiger partial charge in [0.25, 0.3) is 0 Å². The third-order valence-corrected chi connectivity index (χ3v) is 1.38. The van der Waals surface area contributed by atoms with Gasteiger partial charge in [0.15, 0.2) is 0 Å². The second-order valence-corrected chi connectivity index (χ2v) is 2.30. The van der Waals surface area contributed by atoms with Gasteiger partial charge < -0.3 is 15.9 Å². The van der Waals surface area contributed by atoms with E-state index >= 15 is 0 Å². The molecule has 0 aliphatic rings. The quantitative estimate of drug-likeness (QED) is 0.488. The molecule has 0 rings (SSSR count). The first-order chi connectivity index (χ1) is 4.57. The predicted molar refractivity (Wildman–Crippen MR) is 37.0 cm³/mol. The topological polar surface area (TPSA) is 83.5 Å². The minimum Gasteiger partial charge on any atom is -0.480 e. The average Bonchev–Trinajstić information content (AvgIpc) is 1.87. The highest BCUT2D eigenvalue weighted by Crippen LogP contribution is 1.97. The Kier molecular flexibility index (Phi) is 4.34. The predicted octanol–water partition coefficient (Wildman–Crippen LogP) is -0.612. The van der Waals surface area contributed by atoms with Crippen LogP contribution in [0, 0.1) is 0 Å². The number of aliphatic hydroxyl groups excluding tert-OH is 1. The van der Waals surface area contributed by atoms with Crippen molar-refractivity contribution in [2.75, 3.05) is 5.88 Å². The third kappa shape index (κ3) is 3.66. The zero-order valence-electron chi connectivity index (χ0n) is 5.33. The van der Waals surface area contributed by atoms with E-state index in [0.29, 0.717) is 0 Å². The van der Waals surface area contributed by atoms with Crippen LogP contribution in [0.5, 0.6) is 0 Å². The van der Waals surface area contributed by atoms with Gasteiger partial charge in [-0.2, -0.15) is 0 Å². The van der Waals surface area contributed by atoms with Crippen molar-refractivity contribution < 1.29 is 15.0 Å². The number of nitrogens with two attached hydrogens (primary N) is 1. The minimum atomic E-state index is -1.12. The lowest BCUT2D eigenvalue weighted by molar-refractivity contribution is -0.139. The summed E-state index contributed by atoms with van der Waals surface area (Å²) < 4.78 is 0. The molecule has 4 nitrogen and oxygen atoms in total. The molecule has 60 valence electrons. The molecule has 0 bridgehead atoms. The fourth-order valence-electron chi connectivity index (χ4n) is 0.457. The van der Waals surface area contributed by atoms with Crippen LogP contribution in [-0.4, -0.2) is 34.2 Å². The smallest absolute Gasteiger partial charge is 0.320 e. The molecule has 4 N–H and O–H groups in total. The molecule has 0 aromatic rings. The molecule has 5 heteroatoms. The molecule has 0 aromatic carbocycles. The Balaban J connectivity index is 3.56. The average molecular weight is 168 g/mol. The Morgan fingerprint density at radius 3 is 2.50 bits per heavy atom. The van der Waals surface area contributed by atoms with E-state index in [9.17, 15) is 4.79 Å². The minimum absolute atomic E-state index is 0.00116. The van der Waals surface area contributed by atoms with Crippen molar-refractivity contribution in [3.8, 4) is 0 Å². The molecule has 0 amide bonds. The molecule has 0 aliphatic carbocycles. The van der Waals surface area contributed by atoms with Crippen molar-refractivity contribution in [1.82, 2.24) is 0 Å². The van der Waals surface area contributed by atoms with Crippen molar-refractivity contribution in [2.24, 2.45) is 5.73 Å². The van der Waals surface area contributed by atoms with Gasteiger partial charge in [-0.25, -0.2) is 0 Å². The van der Waals surface area contributed by atoms with Gasteiger partial charge in [0, 0.05) is 12.3 Å². The number of carboxylic acids is 1. The lowest BCUT2D eigenvalue weighted by Crippen LogP contribution is -2.34. The molecule has 0 saturated heterocycles. The maximum absolute atomic E-state index is 10.1. The zero-order valence-corrected chi connectivity index (χ0v) is 6.08. The number of hydrogen-bond acceptors (Lipinski definition) is 3. The van der Waals surface area contributed by atoms with Crippen LogP contribution in [0.3, 0.4) is 0 Å². The Hall–Kier alpha value is -0.320. The van der Waals surface area contributed by atoms with Crippen molar-refractivity contribution in [3.63, 3.8) is 0 Å². The van der Waals surface area contributed by atoms with Crippen LogP contribution in [-0.2, 0) is 4.79 Å². The Morgan fingerprint density at radius 1 is 1.70 bits per heavy atom. The maximum atomic E-state index is 10.1. The van der Waals surface area contributed by atoms with Gasteiger partial charge in [-0.15, -0.1) is 11.6 Å². The van der Waals surface area contributed by atoms with Crippen molar-refractivity contribution in [3.05, 3.63) is 0 Å². The van der Waals surface area contributed by atoms with Crippen molar-refractivity contribution in [2.45, 2.75) is 18.6 Å². The van der Waals surface area contributed by atoms with Crippen LogP contribution in [0.25, 0.3) is 0 Å². The number of aliphatic hydroxyl groups is 1. The highest BCUT2D eigenvalue weighted by atomic mass is 35.5. The molecular formula is C5H10ClNO3. The van der Waals surface area contributed by atoms with Gasteiger partial charge in [-0.3, -0.25) is 4.79 Å². The van der Waals surface area contributed by atoms with Gasteiger partial charge in [0.2, 0.25) is 0 Å². The Labute approximate surface area is 63.6 Å². The summed E-state index contributed by atoms with van der Waals surface area (Å²) >= 11 is 5.20. The molecular weight excluding hydrogens is 158 g/mol.